The van der Waals surface area contributed by atoms with Crippen molar-refractivity contribution in [3.63, 3.8) is 0 Å². The van der Waals surface area contributed by atoms with E-state index in [1.54, 1.807) is 6.92 Å². The average Bonchev–Trinajstić information content (AvgIpc) is 3.23. The fraction of sp³-hybridized carbons (Fsp3) is 0.333. The van der Waals surface area contributed by atoms with Crippen LogP contribution >= 0.6 is 0 Å². The van der Waals surface area contributed by atoms with E-state index in [0.717, 1.165) is 0 Å². The molecule has 0 aliphatic carbocycles. The van der Waals surface area contributed by atoms with E-state index >= 15 is 0 Å². The molecule has 1 aliphatic heterocycles. The SMILES string of the molecule is [2H]C(OC[C@H]1OC(n2cc(C)c(=O)[nH]c2=O)C[C@@H]1OC([2H])c1ccccc1)c1ccccc1. The van der Waals surface area contributed by atoms with Crippen molar-refractivity contribution in [1.29, 1.82) is 0 Å². The summed E-state index contributed by atoms with van der Waals surface area (Å²) in [5, 5.41) is 0. The zero-order valence-electron chi connectivity index (χ0n) is 19.1. The van der Waals surface area contributed by atoms with Crippen LogP contribution in [0.1, 0.15) is 32.1 Å². The van der Waals surface area contributed by atoms with Gasteiger partial charge in [0.15, 0.2) is 0 Å². The maximum atomic E-state index is 12.4. The van der Waals surface area contributed by atoms with Gasteiger partial charge in [0.25, 0.3) is 5.56 Å². The quantitative estimate of drug-likeness (QED) is 0.601. The Morgan fingerprint density at radius 1 is 1.06 bits per heavy atom. The lowest BCUT2D eigenvalue weighted by Crippen LogP contribution is -2.33. The molecule has 7 nitrogen and oxygen atoms in total. The van der Waals surface area contributed by atoms with E-state index in [-0.39, 0.29) is 13.0 Å². The fourth-order valence-corrected chi connectivity index (χ4v) is 3.43. The Balaban J connectivity index is 1.52. The maximum absolute atomic E-state index is 12.4. The van der Waals surface area contributed by atoms with Crippen molar-refractivity contribution < 1.29 is 17.0 Å². The number of nitrogens with zero attached hydrogens (tertiary/aromatic N) is 1. The van der Waals surface area contributed by atoms with E-state index in [4.69, 9.17) is 17.0 Å². The first-order valence-electron chi connectivity index (χ1n) is 11.3. The second kappa shape index (κ2) is 9.87. The zero-order valence-corrected chi connectivity index (χ0v) is 17.1. The molecule has 1 aromatic heterocycles. The third-order valence-electron chi connectivity index (χ3n) is 5.09. The minimum absolute atomic E-state index is 0.0445. The molecule has 5 atom stereocenters. The van der Waals surface area contributed by atoms with Crippen LogP contribution in [-0.4, -0.2) is 28.4 Å². The van der Waals surface area contributed by atoms with Gasteiger partial charge in [0.1, 0.15) is 12.3 Å². The third-order valence-corrected chi connectivity index (χ3v) is 5.09. The summed E-state index contributed by atoms with van der Waals surface area (Å²) >= 11 is 0. The van der Waals surface area contributed by atoms with Gasteiger partial charge in [0.05, 0.1) is 28.6 Å². The molecular weight excluding hydrogens is 396 g/mol. The Morgan fingerprint density at radius 2 is 1.71 bits per heavy atom. The van der Waals surface area contributed by atoms with Gasteiger partial charge in [-0.1, -0.05) is 60.7 Å². The Hall–Kier alpha value is -3.00. The number of rotatable bonds is 8. The third kappa shape index (κ3) is 5.38. The van der Waals surface area contributed by atoms with Crippen molar-refractivity contribution in [2.75, 3.05) is 6.61 Å². The lowest BCUT2D eigenvalue weighted by Gasteiger charge is -2.19. The molecule has 0 bridgehead atoms. The number of hydrogen-bond donors (Lipinski definition) is 1. The molecule has 1 N–H and O–H groups in total. The molecular formula is C24H26N2O5. The van der Waals surface area contributed by atoms with Gasteiger partial charge in [-0.05, 0) is 18.1 Å². The summed E-state index contributed by atoms with van der Waals surface area (Å²) in [6, 6.07) is 18.3. The van der Waals surface area contributed by atoms with Crippen molar-refractivity contribution >= 4 is 0 Å². The molecule has 1 fully saturated rings. The first-order chi connectivity index (χ1) is 15.9. The van der Waals surface area contributed by atoms with Gasteiger partial charge in [-0.3, -0.25) is 14.3 Å². The molecule has 0 amide bonds. The summed E-state index contributed by atoms with van der Waals surface area (Å²) in [5.41, 5.74) is 0.759. The van der Waals surface area contributed by atoms with E-state index in [0.29, 0.717) is 16.7 Å². The van der Waals surface area contributed by atoms with Crippen LogP contribution in [0.2, 0.25) is 0 Å². The molecule has 1 saturated heterocycles. The molecule has 1 aliphatic rings. The van der Waals surface area contributed by atoms with Crippen molar-refractivity contribution in [3.05, 3.63) is 104 Å². The monoisotopic (exact) mass is 424 g/mol. The molecule has 7 heteroatoms. The van der Waals surface area contributed by atoms with Gasteiger partial charge in [-0.25, -0.2) is 4.79 Å². The van der Waals surface area contributed by atoms with Crippen molar-refractivity contribution in [3.8, 4) is 0 Å². The van der Waals surface area contributed by atoms with Crippen LogP contribution in [0.3, 0.4) is 0 Å². The van der Waals surface area contributed by atoms with Gasteiger partial charge in [0.2, 0.25) is 0 Å². The van der Waals surface area contributed by atoms with E-state index in [1.165, 1.54) is 10.8 Å². The van der Waals surface area contributed by atoms with E-state index in [2.05, 4.69) is 4.98 Å². The number of aromatic nitrogens is 2. The van der Waals surface area contributed by atoms with Crippen LogP contribution in [0.25, 0.3) is 0 Å². The van der Waals surface area contributed by atoms with Gasteiger partial charge >= 0.3 is 5.69 Å². The van der Waals surface area contributed by atoms with Crippen LogP contribution in [0, 0.1) is 6.92 Å². The molecule has 3 aromatic rings. The molecule has 162 valence electrons. The van der Waals surface area contributed by atoms with Crippen LogP contribution in [-0.2, 0) is 27.4 Å². The Morgan fingerprint density at radius 3 is 2.39 bits per heavy atom. The lowest BCUT2D eigenvalue weighted by atomic mass is 10.1. The minimum Gasteiger partial charge on any atom is -0.374 e. The Kier molecular flexibility index (Phi) is 5.97. The highest BCUT2D eigenvalue weighted by Gasteiger charge is 2.37. The smallest absolute Gasteiger partial charge is 0.330 e. The number of hydrogen-bond acceptors (Lipinski definition) is 5. The number of aryl methyl sites for hydroxylation is 1. The van der Waals surface area contributed by atoms with Crippen LogP contribution in [0.15, 0.2) is 76.4 Å². The van der Waals surface area contributed by atoms with E-state index in [9.17, 15) is 9.59 Å². The second-order valence-corrected chi connectivity index (χ2v) is 7.41. The van der Waals surface area contributed by atoms with E-state index < -0.39 is 42.9 Å². The molecule has 31 heavy (non-hydrogen) atoms. The zero-order chi connectivity index (χ0) is 23.4. The predicted octanol–water partition coefficient (Wildman–Crippen LogP) is 2.93. The van der Waals surface area contributed by atoms with Crippen molar-refractivity contribution in [2.24, 2.45) is 0 Å². The minimum atomic E-state index is -0.948. The highest BCUT2D eigenvalue weighted by Crippen LogP contribution is 2.31. The number of ether oxygens (including phenoxy) is 3. The Labute approximate surface area is 183 Å². The number of nitrogens with one attached hydrogen (secondary N) is 1. The standard InChI is InChI=1S/C24H26N2O5/c1-17-13-26(24(28)25-23(17)27)22-12-20(30-15-19-10-6-3-7-11-19)21(31-22)16-29-14-18-8-4-2-5-9-18/h2-11,13,20-22H,12,14-16H2,1H3,(H,25,27,28)/t20-,21+,22?/m0/s1/i14D,15D/t14?,15?,20-,21+,22?. The van der Waals surface area contributed by atoms with Gasteiger partial charge < -0.3 is 14.2 Å². The first kappa shape index (κ1) is 18.7. The molecule has 2 heterocycles. The fourth-order valence-electron chi connectivity index (χ4n) is 3.43. The summed E-state index contributed by atoms with van der Waals surface area (Å²) in [5.74, 6) is 0. The summed E-state index contributed by atoms with van der Waals surface area (Å²) < 4.78 is 35.8. The van der Waals surface area contributed by atoms with Crippen LogP contribution in [0.5, 0.6) is 0 Å². The summed E-state index contributed by atoms with van der Waals surface area (Å²) in [6.45, 7) is -0.203. The van der Waals surface area contributed by atoms with Crippen molar-refractivity contribution in [2.45, 2.75) is 44.9 Å². The number of aromatic amines is 1. The molecule has 3 unspecified atom stereocenters. The maximum Gasteiger partial charge on any atom is 0.330 e. The largest absolute Gasteiger partial charge is 0.374 e. The van der Waals surface area contributed by atoms with Crippen LogP contribution in [0.4, 0.5) is 0 Å². The Bertz CT molecular complexity index is 1170. The number of benzene rings is 2. The predicted molar refractivity (Wildman–Crippen MR) is 116 cm³/mol. The van der Waals surface area contributed by atoms with Crippen LogP contribution < -0.4 is 11.2 Å². The van der Waals surface area contributed by atoms with Gasteiger partial charge in [-0.2, -0.15) is 0 Å². The molecule has 4 rings (SSSR count). The second-order valence-electron chi connectivity index (χ2n) is 7.41. The lowest BCUT2D eigenvalue weighted by molar-refractivity contribution is -0.0832. The molecule has 0 saturated carbocycles. The molecule has 0 spiro atoms. The summed E-state index contributed by atoms with van der Waals surface area (Å²) in [6.07, 6.45) is -0.119. The summed E-state index contributed by atoms with van der Waals surface area (Å²) in [7, 11) is 0. The first-order valence-corrected chi connectivity index (χ1v) is 10.1. The van der Waals surface area contributed by atoms with E-state index in [1.807, 2.05) is 60.7 Å². The molecule has 0 radical (unpaired) electrons. The highest BCUT2D eigenvalue weighted by molar-refractivity contribution is 5.14. The highest BCUT2D eigenvalue weighted by atomic mass is 16.6. The topological polar surface area (TPSA) is 82.5 Å². The normalized spacial score (nSPS) is 23.7. The average molecular weight is 424 g/mol. The summed E-state index contributed by atoms with van der Waals surface area (Å²) in [4.78, 5) is 26.4. The number of H-pyrrole nitrogens is 1. The van der Waals surface area contributed by atoms with Gasteiger partial charge in [0, 0.05) is 18.2 Å². The molecule has 2 aromatic carbocycles. The van der Waals surface area contributed by atoms with Gasteiger partial charge in [-0.15, -0.1) is 0 Å². The van der Waals surface area contributed by atoms with Crippen molar-refractivity contribution in [1.82, 2.24) is 9.55 Å².